The van der Waals surface area contributed by atoms with Gasteiger partial charge in [0.25, 0.3) is 0 Å². The number of hydrogen-bond acceptors (Lipinski definition) is 4. The van der Waals surface area contributed by atoms with Gasteiger partial charge in [-0.05, 0) is 51.1 Å². The van der Waals surface area contributed by atoms with Crippen molar-refractivity contribution in [1.29, 1.82) is 0 Å². The number of hydrogen-bond donors (Lipinski definition) is 1. The van der Waals surface area contributed by atoms with E-state index in [0.29, 0.717) is 23.4 Å². The molecule has 0 aliphatic carbocycles. The third-order valence-corrected chi connectivity index (χ3v) is 5.64. The van der Waals surface area contributed by atoms with E-state index in [1.165, 1.54) is 19.3 Å². The van der Waals surface area contributed by atoms with E-state index >= 15 is 0 Å². The summed E-state index contributed by atoms with van der Waals surface area (Å²) in [6.45, 7) is 5.55. The van der Waals surface area contributed by atoms with Crippen LogP contribution in [0.15, 0.2) is 27.6 Å². The molecule has 0 unspecified atom stereocenters. The quantitative estimate of drug-likeness (QED) is 0.777. The molecule has 0 radical (unpaired) electrons. The SMILES string of the molecule is CCOc1ccc(Br)cc1S(=O)(=O)NCCN1CCCCC1. The second-order valence-corrected chi connectivity index (χ2v) is 7.98. The summed E-state index contributed by atoms with van der Waals surface area (Å²) in [6, 6.07) is 5.03. The summed E-state index contributed by atoms with van der Waals surface area (Å²) in [5, 5.41) is 0. The molecule has 1 aromatic rings. The summed E-state index contributed by atoms with van der Waals surface area (Å²) < 4.78 is 33.8. The largest absolute Gasteiger partial charge is 0.492 e. The van der Waals surface area contributed by atoms with E-state index in [9.17, 15) is 8.42 Å². The highest BCUT2D eigenvalue weighted by Gasteiger charge is 2.20. The predicted molar refractivity (Wildman–Crippen MR) is 90.8 cm³/mol. The molecule has 0 saturated carbocycles. The maximum Gasteiger partial charge on any atom is 0.244 e. The Hall–Kier alpha value is -0.630. The lowest BCUT2D eigenvalue weighted by atomic mass is 10.1. The summed E-state index contributed by atoms with van der Waals surface area (Å²) in [5.74, 6) is 0.385. The Labute approximate surface area is 141 Å². The van der Waals surface area contributed by atoms with E-state index in [1.54, 1.807) is 18.2 Å². The predicted octanol–water partition coefficient (Wildman–Crippen LogP) is 2.61. The minimum atomic E-state index is -3.57. The number of benzene rings is 1. The summed E-state index contributed by atoms with van der Waals surface area (Å²) in [5.41, 5.74) is 0. The molecule has 1 N–H and O–H groups in total. The summed E-state index contributed by atoms with van der Waals surface area (Å²) in [7, 11) is -3.57. The molecule has 2 rings (SSSR count). The molecule has 5 nitrogen and oxygen atoms in total. The maximum absolute atomic E-state index is 12.5. The third-order valence-electron chi connectivity index (χ3n) is 3.66. The number of rotatable bonds is 7. The highest BCUT2D eigenvalue weighted by molar-refractivity contribution is 9.10. The van der Waals surface area contributed by atoms with E-state index in [2.05, 4.69) is 25.6 Å². The molecule has 1 aliphatic heterocycles. The monoisotopic (exact) mass is 390 g/mol. The van der Waals surface area contributed by atoms with Crippen molar-refractivity contribution in [3.8, 4) is 5.75 Å². The summed E-state index contributed by atoms with van der Waals surface area (Å²) in [6.07, 6.45) is 3.68. The molecule has 1 saturated heterocycles. The normalized spacial score (nSPS) is 16.6. The second kappa shape index (κ2) is 8.29. The van der Waals surface area contributed by atoms with Crippen LogP contribution < -0.4 is 9.46 Å². The zero-order valence-electron chi connectivity index (χ0n) is 12.8. The van der Waals surface area contributed by atoms with Gasteiger partial charge in [0.05, 0.1) is 6.61 Å². The van der Waals surface area contributed by atoms with Crippen molar-refractivity contribution in [2.24, 2.45) is 0 Å². The molecule has 0 amide bonds. The van der Waals surface area contributed by atoms with Crippen molar-refractivity contribution in [3.05, 3.63) is 22.7 Å². The summed E-state index contributed by atoms with van der Waals surface area (Å²) in [4.78, 5) is 2.48. The van der Waals surface area contributed by atoms with Crippen LogP contribution in [0.2, 0.25) is 0 Å². The van der Waals surface area contributed by atoms with Crippen molar-refractivity contribution >= 4 is 26.0 Å². The fourth-order valence-electron chi connectivity index (χ4n) is 2.57. The molecular formula is C15H23BrN2O3S. The van der Waals surface area contributed by atoms with Crippen molar-refractivity contribution < 1.29 is 13.2 Å². The van der Waals surface area contributed by atoms with E-state index in [-0.39, 0.29) is 4.90 Å². The Morgan fingerprint density at radius 2 is 2.00 bits per heavy atom. The fraction of sp³-hybridized carbons (Fsp3) is 0.600. The first-order chi connectivity index (χ1) is 10.5. The van der Waals surface area contributed by atoms with Gasteiger partial charge in [-0.15, -0.1) is 0 Å². The van der Waals surface area contributed by atoms with Crippen LogP contribution in [-0.4, -0.2) is 46.1 Å². The van der Waals surface area contributed by atoms with Crippen LogP contribution >= 0.6 is 15.9 Å². The van der Waals surface area contributed by atoms with Gasteiger partial charge >= 0.3 is 0 Å². The average molecular weight is 391 g/mol. The highest BCUT2D eigenvalue weighted by atomic mass is 79.9. The van der Waals surface area contributed by atoms with Crippen molar-refractivity contribution in [3.63, 3.8) is 0 Å². The van der Waals surface area contributed by atoms with Crippen LogP contribution in [0.1, 0.15) is 26.2 Å². The smallest absolute Gasteiger partial charge is 0.244 e. The van der Waals surface area contributed by atoms with Crippen LogP contribution in [0.25, 0.3) is 0 Å². The molecular weight excluding hydrogens is 368 g/mol. The van der Waals surface area contributed by atoms with Crippen LogP contribution in [0, 0.1) is 0 Å². The molecule has 1 heterocycles. The van der Waals surface area contributed by atoms with Crippen LogP contribution in [0.4, 0.5) is 0 Å². The third kappa shape index (κ3) is 4.94. The average Bonchev–Trinajstić information content (AvgIpc) is 2.50. The van der Waals surface area contributed by atoms with Crippen LogP contribution in [-0.2, 0) is 10.0 Å². The zero-order valence-corrected chi connectivity index (χ0v) is 15.2. The topological polar surface area (TPSA) is 58.6 Å². The molecule has 7 heteroatoms. The lowest BCUT2D eigenvalue weighted by Crippen LogP contribution is -2.37. The van der Waals surface area contributed by atoms with Gasteiger partial charge in [-0.3, -0.25) is 0 Å². The number of nitrogens with zero attached hydrogens (tertiary/aromatic N) is 1. The van der Waals surface area contributed by atoms with Crippen molar-refractivity contribution in [2.45, 2.75) is 31.1 Å². The molecule has 0 spiro atoms. The Morgan fingerprint density at radius 1 is 1.27 bits per heavy atom. The number of piperidine rings is 1. The first kappa shape index (κ1) is 17.7. The maximum atomic E-state index is 12.5. The van der Waals surface area contributed by atoms with Gasteiger partial charge < -0.3 is 9.64 Å². The molecule has 0 atom stereocenters. The minimum absolute atomic E-state index is 0.183. The highest BCUT2D eigenvalue weighted by Crippen LogP contribution is 2.27. The van der Waals surface area contributed by atoms with Gasteiger partial charge in [0.2, 0.25) is 10.0 Å². The first-order valence-electron chi connectivity index (χ1n) is 7.67. The molecule has 124 valence electrons. The molecule has 1 aromatic carbocycles. The number of sulfonamides is 1. The van der Waals surface area contributed by atoms with E-state index in [4.69, 9.17) is 4.74 Å². The lowest BCUT2D eigenvalue weighted by molar-refractivity contribution is 0.232. The molecule has 22 heavy (non-hydrogen) atoms. The standard InChI is InChI=1S/C15H23BrN2O3S/c1-2-21-14-7-6-13(16)12-15(14)22(19,20)17-8-11-18-9-4-3-5-10-18/h6-7,12,17H,2-5,8-11H2,1H3. The molecule has 0 aromatic heterocycles. The minimum Gasteiger partial charge on any atom is -0.492 e. The van der Waals surface area contributed by atoms with Gasteiger partial charge in [-0.25, -0.2) is 13.1 Å². The Bertz CT molecular complexity index is 586. The second-order valence-electron chi connectivity index (χ2n) is 5.32. The Balaban J connectivity index is 2.01. The lowest BCUT2D eigenvalue weighted by Gasteiger charge is -2.26. The Morgan fingerprint density at radius 3 is 2.68 bits per heavy atom. The van der Waals surface area contributed by atoms with Gasteiger partial charge in [0.1, 0.15) is 10.6 Å². The van der Waals surface area contributed by atoms with Crippen molar-refractivity contribution in [1.82, 2.24) is 9.62 Å². The first-order valence-corrected chi connectivity index (χ1v) is 9.95. The van der Waals surface area contributed by atoms with Gasteiger partial charge in [-0.1, -0.05) is 22.4 Å². The molecule has 0 bridgehead atoms. The summed E-state index contributed by atoms with van der Waals surface area (Å²) >= 11 is 3.31. The van der Waals surface area contributed by atoms with Gasteiger partial charge in [-0.2, -0.15) is 0 Å². The van der Waals surface area contributed by atoms with E-state index < -0.39 is 10.0 Å². The van der Waals surface area contributed by atoms with E-state index in [0.717, 1.165) is 19.6 Å². The number of halogens is 1. The number of nitrogens with one attached hydrogen (secondary N) is 1. The van der Waals surface area contributed by atoms with Crippen LogP contribution in [0.5, 0.6) is 5.75 Å². The molecule has 1 fully saturated rings. The van der Waals surface area contributed by atoms with Crippen LogP contribution in [0.3, 0.4) is 0 Å². The fourth-order valence-corrected chi connectivity index (χ4v) is 4.27. The van der Waals surface area contributed by atoms with Gasteiger partial charge in [0.15, 0.2) is 0 Å². The van der Waals surface area contributed by atoms with Crippen molar-refractivity contribution in [2.75, 3.05) is 32.8 Å². The molecule has 1 aliphatic rings. The van der Waals surface area contributed by atoms with E-state index in [1.807, 2.05) is 6.92 Å². The number of ether oxygens (including phenoxy) is 1. The Kier molecular flexibility index (Phi) is 6.67. The zero-order chi connectivity index (χ0) is 16.0. The van der Waals surface area contributed by atoms with Gasteiger partial charge in [0, 0.05) is 17.6 Å². The number of likely N-dealkylation sites (tertiary alicyclic amines) is 1.